The van der Waals surface area contributed by atoms with Crippen molar-refractivity contribution in [3.8, 4) is 11.1 Å². The zero-order valence-corrected chi connectivity index (χ0v) is 16.3. The standard InChI is InChI=1S/C13H6F3N2O5S.CHF3O3S/c14-13(15,16)24(23)11-5-7(17(19)20)1-3-9(11)10-4-2-8(18(21)22)6-12(10)24;2-1(3,4)8(5,6)7/h1-6H;(H,5,6,7)/q+1;/p-1. The zero-order valence-electron chi connectivity index (χ0n) is 14.7. The van der Waals surface area contributed by atoms with Crippen molar-refractivity contribution in [3.63, 3.8) is 0 Å². The van der Waals surface area contributed by atoms with E-state index in [1.54, 1.807) is 0 Å². The van der Waals surface area contributed by atoms with Crippen LogP contribution < -0.4 is 0 Å². The molecule has 1 aliphatic rings. The fraction of sp³-hybridized carbons (Fsp3) is 0.143. The van der Waals surface area contributed by atoms with Crippen LogP contribution in [-0.4, -0.2) is 33.8 Å². The number of rotatable bonds is 2. The summed E-state index contributed by atoms with van der Waals surface area (Å²) in [5, 5.41) is 21.6. The van der Waals surface area contributed by atoms with Gasteiger partial charge < -0.3 is 4.55 Å². The van der Waals surface area contributed by atoms with E-state index in [0.717, 1.165) is 24.3 Å². The number of benzene rings is 2. The first-order valence-electron chi connectivity index (χ1n) is 7.52. The molecule has 1 heterocycles. The molecule has 10 nitrogen and oxygen atoms in total. The van der Waals surface area contributed by atoms with E-state index in [4.69, 9.17) is 13.0 Å². The van der Waals surface area contributed by atoms with Crippen molar-refractivity contribution in [3.05, 3.63) is 56.6 Å². The van der Waals surface area contributed by atoms with E-state index in [2.05, 4.69) is 0 Å². The minimum Gasteiger partial charge on any atom is -0.741 e. The molecule has 0 N–H and O–H groups in total. The molecule has 0 saturated heterocycles. The molecular formula is C14H6F6N2O8S2. The number of nitrogens with zero attached hydrogens (tertiary/aromatic N) is 2. The van der Waals surface area contributed by atoms with Gasteiger partial charge in [-0.25, -0.2) is 8.42 Å². The topological polar surface area (TPSA) is 161 Å². The molecule has 0 unspecified atom stereocenters. The molecular weight excluding hydrogens is 502 g/mol. The molecule has 1 aliphatic heterocycles. The molecule has 0 atom stereocenters. The van der Waals surface area contributed by atoms with E-state index in [1.165, 1.54) is 0 Å². The predicted molar refractivity (Wildman–Crippen MR) is 91.6 cm³/mol. The second-order valence-corrected chi connectivity index (χ2v) is 9.60. The molecule has 0 bridgehead atoms. The Balaban J connectivity index is 0.000000390. The number of halogens is 6. The van der Waals surface area contributed by atoms with E-state index >= 15 is 0 Å². The Labute approximate surface area is 173 Å². The molecule has 0 amide bonds. The second-order valence-electron chi connectivity index (χ2n) is 5.78. The van der Waals surface area contributed by atoms with E-state index in [1.807, 2.05) is 0 Å². The van der Waals surface area contributed by atoms with Gasteiger partial charge in [0, 0.05) is 23.3 Å². The molecule has 2 aromatic rings. The average Bonchev–Trinajstić information content (AvgIpc) is 2.89. The Hall–Kier alpha value is -3.12. The number of non-ortho nitro benzene ring substituents is 2. The van der Waals surface area contributed by atoms with Crippen LogP contribution in [0.3, 0.4) is 0 Å². The lowest BCUT2D eigenvalue weighted by molar-refractivity contribution is -0.385. The molecule has 0 spiro atoms. The lowest BCUT2D eigenvalue weighted by atomic mass is 10.1. The minimum absolute atomic E-state index is 0.0900. The molecule has 0 radical (unpaired) electrons. The SMILES string of the molecule is O=S(=O)([O-])C(F)(F)F.O=[N+]([O-])c1ccc2c(c1)[S+](=O)(C(F)(F)F)c1cc([N+](=O)[O-])ccc1-2. The van der Waals surface area contributed by atoms with Gasteiger partial charge in [0.05, 0.1) is 22.0 Å². The van der Waals surface area contributed by atoms with Crippen molar-refractivity contribution >= 4 is 31.4 Å². The predicted octanol–water partition coefficient (Wildman–Crippen LogP) is 3.97. The molecule has 174 valence electrons. The lowest BCUT2D eigenvalue weighted by Crippen LogP contribution is -2.29. The van der Waals surface area contributed by atoms with Crippen LogP contribution in [0.5, 0.6) is 0 Å². The van der Waals surface area contributed by atoms with Gasteiger partial charge in [-0.15, -0.1) is 13.2 Å². The van der Waals surface area contributed by atoms with Crippen molar-refractivity contribution in [2.24, 2.45) is 0 Å². The number of alkyl halides is 6. The summed E-state index contributed by atoms with van der Waals surface area (Å²) in [6.07, 6.45) is 0. The smallest absolute Gasteiger partial charge is 0.588 e. The molecule has 0 fully saturated rings. The van der Waals surface area contributed by atoms with E-state index in [9.17, 15) is 50.8 Å². The third-order valence-corrected chi connectivity index (χ3v) is 7.00. The van der Waals surface area contributed by atoms with Gasteiger partial charge in [-0.3, -0.25) is 20.2 Å². The maximum atomic E-state index is 13.6. The van der Waals surface area contributed by atoms with Crippen LogP contribution in [0.4, 0.5) is 37.7 Å². The molecule has 0 aliphatic carbocycles. The molecule has 32 heavy (non-hydrogen) atoms. The number of hydrogen-bond acceptors (Lipinski definition) is 8. The quantitative estimate of drug-likeness (QED) is 0.147. The third kappa shape index (κ3) is 4.28. The van der Waals surface area contributed by atoms with Gasteiger partial charge >= 0.3 is 11.0 Å². The van der Waals surface area contributed by atoms with Crippen LogP contribution in [-0.2, 0) is 24.3 Å². The van der Waals surface area contributed by atoms with Crippen molar-refractivity contribution in [1.29, 1.82) is 0 Å². The van der Waals surface area contributed by atoms with Gasteiger partial charge in [0.2, 0.25) is 0 Å². The van der Waals surface area contributed by atoms with E-state index in [0.29, 0.717) is 12.1 Å². The summed E-state index contributed by atoms with van der Waals surface area (Å²) in [4.78, 5) is 18.3. The van der Waals surface area contributed by atoms with Crippen LogP contribution in [0.15, 0.2) is 46.2 Å². The average molecular weight is 508 g/mol. The summed E-state index contributed by atoms with van der Waals surface area (Å²) in [7, 11) is -11.0. The van der Waals surface area contributed by atoms with Crippen LogP contribution in [0, 0.1) is 20.2 Å². The van der Waals surface area contributed by atoms with Crippen LogP contribution in [0.1, 0.15) is 0 Å². The summed E-state index contributed by atoms with van der Waals surface area (Å²) in [6.45, 7) is 0. The van der Waals surface area contributed by atoms with Gasteiger partial charge in [-0.05, 0) is 12.1 Å². The van der Waals surface area contributed by atoms with Crippen molar-refractivity contribution in [1.82, 2.24) is 0 Å². The first-order chi connectivity index (χ1) is 14.3. The highest BCUT2D eigenvalue weighted by Crippen LogP contribution is 2.56. The zero-order chi connectivity index (χ0) is 24.9. The molecule has 18 heteroatoms. The Bertz CT molecular complexity index is 1210. The van der Waals surface area contributed by atoms with Crippen LogP contribution in [0.25, 0.3) is 11.1 Å². The number of nitro groups is 2. The van der Waals surface area contributed by atoms with Crippen molar-refractivity contribution in [2.45, 2.75) is 20.8 Å². The Morgan fingerprint density at radius 1 is 0.781 bits per heavy atom. The van der Waals surface area contributed by atoms with Gasteiger partial charge in [-0.1, -0.05) is 4.21 Å². The van der Waals surface area contributed by atoms with Gasteiger partial charge in [0.15, 0.2) is 19.9 Å². The second kappa shape index (κ2) is 7.78. The summed E-state index contributed by atoms with van der Waals surface area (Å²) in [6, 6.07) is 5.33. The maximum absolute atomic E-state index is 13.6. The fourth-order valence-corrected chi connectivity index (χ4v) is 4.82. The first-order valence-corrected chi connectivity index (χ1v) is 10.5. The molecule has 3 rings (SSSR count). The number of nitro benzene ring substituents is 2. The Morgan fingerprint density at radius 2 is 1.09 bits per heavy atom. The lowest BCUT2D eigenvalue weighted by Gasteiger charge is -2.10. The van der Waals surface area contributed by atoms with Crippen LogP contribution in [0.2, 0.25) is 0 Å². The number of hydrogen-bond donors (Lipinski definition) is 0. The van der Waals surface area contributed by atoms with Gasteiger partial charge in [-0.2, -0.15) is 13.2 Å². The van der Waals surface area contributed by atoms with Crippen molar-refractivity contribution in [2.75, 3.05) is 0 Å². The third-order valence-electron chi connectivity index (χ3n) is 3.87. The highest BCUT2D eigenvalue weighted by molar-refractivity contribution is 8.04. The van der Waals surface area contributed by atoms with Crippen LogP contribution >= 0.6 is 0 Å². The number of fused-ring (bicyclic) bond motifs is 3. The highest BCUT2D eigenvalue weighted by atomic mass is 32.2. The van der Waals surface area contributed by atoms with Gasteiger partial charge in [0.1, 0.15) is 0 Å². The summed E-state index contributed by atoms with van der Waals surface area (Å²) in [5.74, 6) is 0. The van der Waals surface area contributed by atoms with E-state index < -0.39 is 62.1 Å². The monoisotopic (exact) mass is 508 g/mol. The maximum Gasteiger partial charge on any atom is 0.588 e. The molecule has 0 aromatic heterocycles. The summed E-state index contributed by atoms with van der Waals surface area (Å²) >= 11 is 0. The minimum atomic E-state index is -6.09. The largest absolute Gasteiger partial charge is 0.741 e. The first kappa shape index (κ1) is 25.1. The van der Waals surface area contributed by atoms with E-state index in [-0.39, 0.29) is 11.1 Å². The fourth-order valence-electron chi connectivity index (χ4n) is 2.54. The Morgan fingerprint density at radius 3 is 1.31 bits per heavy atom. The normalized spacial score (nSPS) is 14.6. The molecule has 2 aromatic carbocycles. The van der Waals surface area contributed by atoms with Gasteiger partial charge in [0.25, 0.3) is 21.3 Å². The molecule has 0 saturated carbocycles. The summed E-state index contributed by atoms with van der Waals surface area (Å²) in [5.41, 5.74) is -12.4. The van der Waals surface area contributed by atoms with Crippen molar-refractivity contribution < 1.29 is 53.4 Å². The Kier molecular flexibility index (Phi) is 6.11. The highest BCUT2D eigenvalue weighted by Gasteiger charge is 2.67. The summed E-state index contributed by atoms with van der Waals surface area (Å²) < 4.78 is 112.